The number of ether oxygens (including phenoxy) is 2. The van der Waals surface area contributed by atoms with Crippen molar-refractivity contribution in [1.29, 1.82) is 0 Å². The molecule has 0 heterocycles. The summed E-state index contributed by atoms with van der Waals surface area (Å²) in [5.41, 5.74) is 0.618. The van der Waals surface area contributed by atoms with Gasteiger partial charge in [0, 0.05) is 18.7 Å². The van der Waals surface area contributed by atoms with Crippen molar-refractivity contribution in [3.63, 3.8) is 0 Å². The first-order valence-corrected chi connectivity index (χ1v) is 8.94. The molecule has 1 aromatic rings. The molecule has 7 heteroatoms. The molecule has 0 saturated heterocycles. The normalized spacial score (nSPS) is 17.1. The van der Waals surface area contributed by atoms with Crippen molar-refractivity contribution in [3.05, 3.63) is 28.8 Å². The number of aryl methyl sites for hydroxylation is 1. The average molecular weight is 371 g/mol. The van der Waals surface area contributed by atoms with E-state index in [1.54, 1.807) is 19.2 Å². The van der Waals surface area contributed by atoms with Crippen LogP contribution in [0, 0.1) is 6.92 Å². The number of aliphatic hydroxyl groups is 1. The van der Waals surface area contributed by atoms with E-state index in [0.717, 1.165) is 31.2 Å². The summed E-state index contributed by atoms with van der Waals surface area (Å²) in [6.07, 6.45) is 3.19. The molecule has 2 rings (SSSR count). The molecule has 1 aliphatic carbocycles. The molecule has 6 nitrogen and oxygen atoms in total. The van der Waals surface area contributed by atoms with Crippen LogP contribution in [0.5, 0.6) is 5.75 Å². The van der Waals surface area contributed by atoms with E-state index in [1.165, 1.54) is 0 Å². The quantitative estimate of drug-likeness (QED) is 0.657. The number of methoxy groups -OCH3 is 1. The van der Waals surface area contributed by atoms with E-state index in [2.05, 4.69) is 10.6 Å². The van der Waals surface area contributed by atoms with Crippen LogP contribution in [0.2, 0.25) is 5.02 Å². The van der Waals surface area contributed by atoms with Crippen molar-refractivity contribution in [2.45, 2.75) is 44.2 Å². The minimum Gasteiger partial charge on any atom is -0.491 e. The van der Waals surface area contributed by atoms with Crippen LogP contribution in [-0.4, -0.2) is 49.6 Å². The molecule has 1 aromatic carbocycles. The number of urea groups is 1. The molecule has 0 spiro atoms. The second-order valence-corrected chi connectivity index (χ2v) is 7.04. The van der Waals surface area contributed by atoms with E-state index < -0.39 is 6.10 Å². The summed E-state index contributed by atoms with van der Waals surface area (Å²) in [5.74, 6) is 0.635. The lowest BCUT2D eigenvalue weighted by Gasteiger charge is -2.29. The van der Waals surface area contributed by atoms with Crippen LogP contribution in [0.3, 0.4) is 0 Å². The van der Waals surface area contributed by atoms with E-state index in [0.29, 0.717) is 17.4 Å². The zero-order chi connectivity index (χ0) is 18.3. The lowest BCUT2D eigenvalue weighted by atomic mass is 9.99. The smallest absolute Gasteiger partial charge is 0.315 e. The second-order valence-electron chi connectivity index (χ2n) is 6.63. The van der Waals surface area contributed by atoms with Crippen LogP contribution in [0.4, 0.5) is 4.79 Å². The Bertz CT molecular complexity index is 576. The molecule has 1 saturated carbocycles. The van der Waals surface area contributed by atoms with Crippen LogP contribution in [-0.2, 0) is 4.74 Å². The van der Waals surface area contributed by atoms with Crippen molar-refractivity contribution in [3.8, 4) is 5.75 Å². The van der Waals surface area contributed by atoms with Gasteiger partial charge in [0.05, 0.1) is 12.1 Å². The molecule has 25 heavy (non-hydrogen) atoms. The Hall–Kier alpha value is -1.50. The Balaban J connectivity index is 1.72. The summed E-state index contributed by atoms with van der Waals surface area (Å²) in [7, 11) is 1.64. The molecule has 3 N–H and O–H groups in total. The first-order chi connectivity index (χ1) is 11.9. The Labute approximate surface area is 153 Å². The summed E-state index contributed by atoms with van der Waals surface area (Å²) in [6.45, 7) is 2.59. The molecule has 0 radical (unpaired) electrons. The highest BCUT2D eigenvalue weighted by Gasteiger charge is 2.35. The summed E-state index contributed by atoms with van der Waals surface area (Å²) in [5, 5.41) is 16.4. The van der Waals surface area contributed by atoms with Gasteiger partial charge in [0.15, 0.2) is 0 Å². The number of carbonyl (C=O) groups excluding carboxylic acids is 1. The van der Waals surface area contributed by atoms with E-state index >= 15 is 0 Å². The summed E-state index contributed by atoms with van der Waals surface area (Å²) in [6, 6.07) is 5.02. The maximum Gasteiger partial charge on any atom is 0.315 e. The highest BCUT2D eigenvalue weighted by atomic mass is 35.5. The minimum absolute atomic E-state index is 0.0879. The van der Waals surface area contributed by atoms with Crippen molar-refractivity contribution in [1.82, 2.24) is 10.6 Å². The Morgan fingerprint density at radius 1 is 1.40 bits per heavy atom. The van der Waals surface area contributed by atoms with Gasteiger partial charge >= 0.3 is 6.03 Å². The van der Waals surface area contributed by atoms with Gasteiger partial charge in [0.25, 0.3) is 0 Å². The monoisotopic (exact) mass is 370 g/mol. The van der Waals surface area contributed by atoms with Crippen molar-refractivity contribution in [2.24, 2.45) is 0 Å². The van der Waals surface area contributed by atoms with Crippen LogP contribution in [0.15, 0.2) is 18.2 Å². The zero-order valence-electron chi connectivity index (χ0n) is 14.8. The first kappa shape index (κ1) is 19.8. The molecular weight excluding hydrogens is 344 g/mol. The fourth-order valence-corrected chi connectivity index (χ4v) is 3.20. The minimum atomic E-state index is -0.802. The van der Waals surface area contributed by atoms with Gasteiger partial charge in [0.1, 0.15) is 18.5 Å². The summed E-state index contributed by atoms with van der Waals surface area (Å²) in [4.78, 5) is 12.1. The SMILES string of the molecule is COCC1(NC(=O)NC[C@@H](O)COc2ccc(Cl)c(C)c2)CCCC1. The molecule has 0 aromatic heterocycles. The fraction of sp³-hybridized carbons (Fsp3) is 0.611. The molecule has 1 fully saturated rings. The lowest BCUT2D eigenvalue weighted by Crippen LogP contribution is -2.54. The topological polar surface area (TPSA) is 79.8 Å². The number of aliphatic hydroxyl groups excluding tert-OH is 1. The van der Waals surface area contributed by atoms with Crippen LogP contribution in [0.1, 0.15) is 31.2 Å². The second kappa shape index (κ2) is 9.27. The van der Waals surface area contributed by atoms with Crippen LogP contribution >= 0.6 is 11.6 Å². The number of nitrogens with one attached hydrogen (secondary N) is 2. The Morgan fingerprint density at radius 3 is 2.76 bits per heavy atom. The number of rotatable bonds is 8. The summed E-state index contributed by atoms with van der Waals surface area (Å²) < 4.78 is 10.8. The predicted molar refractivity (Wildman–Crippen MR) is 97.3 cm³/mol. The third-order valence-corrected chi connectivity index (χ3v) is 4.85. The van der Waals surface area contributed by atoms with Crippen molar-refractivity contribution < 1.29 is 19.4 Å². The maximum absolute atomic E-state index is 12.1. The number of hydrogen-bond acceptors (Lipinski definition) is 4. The molecule has 0 aliphatic heterocycles. The molecule has 2 amide bonds. The average Bonchev–Trinajstić information content (AvgIpc) is 3.02. The number of hydrogen-bond donors (Lipinski definition) is 3. The van der Waals surface area contributed by atoms with Gasteiger partial charge in [-0.1, -0.05) is 24.4 Å². The largest absolute Gasteiger partial charge is 0.491 e. The fourth-order valence-electron chi connectivity index (χ4n) is 3.09. The van der Waals surface area contributed by atoms with Crippen molar-refractivity contribution in [2.75, 3.05) is 26.9 Å². The Morgan fingerprint density at radius 2 is 2.12 bits per heavy atom. The lowest BCUT2D eigenvalue weighted by molar-refractivity contribution is 0.102. The van der Waals surface area contributed by atoms with E-state index in [4.69, 9.17) is 21.1 Å². The molecule has 0 unspecified atom stereocenters. The molecule has 0 bridgehead atoms. The number of benzene rings is 1. The maximum atomic E-state index is 12.1. The van der Waals surface area contributed by atoms with Crippen LogP contribution < -0.4 is 15.4 Å². The zero-order valence-corrected chi connectivity index (χ0v) is 15.6. The number of carbonyl (C=O) groups is 1. The van der Waals surface area contributed by atoms with E-state index in [9.17, 15) is 9.90 Å². The van der Waals surface area contributed by atoms with E-state index in [-0.39, 0.29) is 24.7 Å². The third kappa shape index (κ3) is 6.06. The predicted octanol–water partition coefficient (Wildman–Crippen LogP) is 2.65. The van der Waals surface area contributed by atoms with Gasteiger partial charge in [-0.05, 0) is 43.5 Å². The molecule has 1 aliphatic rings. The van der Waals surface area contributed by atoms with Gasteiger partial charge in [-0.15, -0.1) is 0 Å². The third-order valence-electron chi connectivity index (χ3n) is 4.43. The van der Waals surface area contributed by atoms with Gasteiger partial charge in [-0.25, -0.2) is 4.79 Å². The first-order valence-electron chi connectivity index (χ1n) is 8.56. The van der Waals surface area contributed by atoms with E-state index in [1.807, 2.05) is 13.0 Å². The highest BCUT2D eigenvalue weighted by molar-refractivity contribution is 6.31. The van der Waals surface area contributed by atoms with Gasteiger partial charge in [-0.2, -0.15) is 0 Å². The Kier molecular flexibility index (Phi) is 7.35. The summed E-state index contributed by atoms with van der Waals surface area (Å²) >= 11 is 5.96. The van der Waals surface area contributed by atoms with Crippen molar-refractivity contribution >= 4 is 17.6 Å². The van der Waals surface area contributed by atoms with Gasteiger partial charge < -0.3 is 25.2 Å². The van der Waals surface area contributed by atoms with Crippen LogP contribution in [0.25, 0.3) is 0 Å². The number of amides is 2. The molecular formula is C18H27ClN2O4. The van der Waals surface area contributed by atoms with Gasteiger partial charge in [-0.3, -0.25) is 0 Å². The van der Waals surface area contributed by atoms with Gasteiger partial charge in [0.2, 0.25) is 0 Å². The standard InChI is InChI=1S/C18H27ClN2O4/c1-13-9-15(5-6-16(13)19)25-11-14(22)10-20-17(23)21-18(12-24-2)7-3-4-8-18/h5-6,9,14,22H,3-4,7-8,10-12H2,1-2H3,(H2,20,21,23)/t14-/m1/s1. The highest BCUT2D eigenvalue weighted by Crippen LogP contribution is 2.29. The number of halogens is 1. The molecule has 1 atom stereocenters. The molecule has 140 valence electrons.